The Morgan fingerprint density at radius 1 is 0.895 bits per heavy atom. The molecule has 4 heteroatoms. The van der Waals surface area contributed by atoms with Gasteiger partial charge in [-0.3, -0.25) is 9.59 Å². The fourth-order valence-corrected chi connectivity index (χ4v) is 5.04. The predicted molar refractivity (Wildman–Crippen MR) is 67.4 cm³/mol. The van der Waals surface area contributed by atoms with Gasteiger partial charge in [-0.2, -0.15) is 0 Å². The first-order valence-electron chi connectivity index (χ1n) is 7.35. The van der Waals surface area contributed by atoms with Crippen molar-refractivity contribution < 1.29 is 19.5 Å². The first kappa shape index (κ1) is 12.8. The number of aliphatic carboxylic acids is 1. The number of carboxylic acid groups (broad SMARTS) is 1. The Kier molecular flexibility index (Phi) is 3.19. The highest BCUT2D eigenvalue weighted by Gasteiger charge is 2.47. The van der Waals surface area contributed by atoms with Gasteiger partial charge in [0.15, 0.2) is 0 Å². The van der Waals surface area contributed by atoms with Gasteiger partial charge in [-0.05, 0) is 68.1 Å². The number of carboxylic acids is 1. The molecule has 0 saturated heterocycles. The smallest absolute Gasteiger partial charge is 0.380 e. The molecule has 104 valence electrons. The largest absolute Gasteiger partial charge is 0.475 e. The summed E-state index contributed by atoms with van der Waals surface area (Å²) < 4.78 is 0. The van der Waals surface area contributed by atoms with Crippen molar-refractivity contribution in [2.45, 2.75) is 44.9 Å². The number of hydrogen-bond acceptors (Lipinski definition) is 3. The lowest BCUT2D eigenvalue weighted by Crippen LogP contribution is -2.45. The van der Waals surface area contributed by atoms with E-state index in [9.17, 15) is 14.4 Å². The predicted octanol–water partition coefficient (Wildman–Crippen LogP) is 2.06. The monoisotopic (exact) mass is 264 g/mol. The molecule has 4 fully saturated rings. The van der Waals surface area contributed by atoms with Gasteiger partial charge in [0.2, 0.25) is 5.78 Å². The molecule has 0 unspecified atom stereocenters. The molecule has 4 rings (SSSR count). The zero-order valence-corrected chi connectivity index (χ0v) is 11.0. The van der Waals surface area contributed by atoms with Gasteiger partial charge in [-0.15, -0.1) is 0 Å². The molecule has 0 atom stereocenters. The highest BCUT2D eigenvalue weighted by molar-refractivity contribution is 6.61. The molecule has 0 heterocycles. The van der Waals surface area contributed by atoms with Crippen LogP contribution in [0.25, 0.3) is 0 Å². The van der Waals surface area contributed by atoms with Crippen LogP contribution in [-0.2, 0) is 14.4 Å². The number of hydrogen-bond donors (Lipinski definition) is 1. The van der Waals surface area contributed by atoms with Crippen molar-refractivity contribution in [3.63, 3.8) is 0 Å². The van der Waals surface area contributed by atoms with Crippen LogP contribution in [-0.4, -0.2) is 22.6 Å². The minimum absolute atomic E-state index is 0.123. The molecule has 4 saturated carbocycles. The molecule has 4 nitrogen and oxygen atoms in total. The lowest BCUT2D eigenvalue weighted by molar-refractivity contribution is -0.153. The third-order valence-electron chi connectivity index (χ3n) is 5.57. The third-order valence-corrected chi connectivity index (χ3v) is 5.57. The number of carbonyl (C=O) groups is 3. The van der Waals surface area contributed by atoms with Crippen LogP contribution in [0.2, 0.25) is 0 Å². The van der Waals surface area contributed by atoms with E-state index in [1.165, 1.54) is 32.1 Å². The molecule has 4 bridgehead atoms. The van der Waals surface area contributed by atoms with E-state index in [4.69, 9.17) is 5.11 Å². The van der Waals surface area contributed by atoms with E-state index in [0.29, 0.717) is 12.3 Å². The molecule has 0 aromatic carbocycles. The fraction of sp³-hybridized carbons (Fsp3) is 0.800. The summed E-state index contributed by atoms with van der Waals surface area (Å²) in [6.07, 6.45) is 7.40. The number of Topliss-reactive ketones (excluding diaryl/α,β-unsaturated/α-hetero) is 2. The summed E-state index contributed by atoms with van der Waals surface area (Å²) in [5.41, 5.74) is 0. The van der Waals surface area contributed by atoms with Crippen LogP contribution in [0.15, 0.2) is 0 Å². The van der Waals surface area contributed by atoms with E-state index in [0.717, 1.165) is 23.7 Å². The molecule has 4 aliphatic carbocycles. The van der Waals surface area contributed by atoms with Crippen molar-refractivity contribution in [3.8, 4) is 0 Å². The average Bonchev–Trinajstić information content (AvgIpc) is 2.35. The SMILES string of the molecule is O=C(O)C(=O)C(=O)CCC1C2CC3CC(C2)CC1C3. The van der Waals surface area contributed by atoms with Crippen LogP contribution in [0.5, 0.6) is 0 Å². The third kappa shape index (κ3) is 2.33. The maximum Gasteiger partial charge on any atom is 0.380 e. The molecule has 1 N–H and O–H groups in total. The molecule has 0 radical (unpaired) electrons. The lowest BCUT2D eigenvalue weighted by atomic mass is 9.51. The van der Waals surface area contributed by atoms with Gasteiger partial charge in [0.1, 0.15) is 0 Å². The second kappa shape index (κ2) is 4.73. The van der Waals surface area contributed by atoms with Crippen LogP contribution in [0.3, 0.4) is 0 Å². The Labute approximate surface area is 112 Å². The van der Waals surface area contributed by atoms with E-state index >= 15 is 0 Å². The van der Waals surface area contributed by atoms with Crippen molar-refractivity contribution in [1.29, 1.82) is 0 Å². The average molecular weight is 264 g/mol. The molecule has 0 aliphatic heterocycles. The molecular formula is C15H20O4. The zero-order valence-electron chi connectivity index (χ0n) is 11.0. The minimum Gasteiger partial charge on any atom is -0.475 e. The van der Waals surface area contributed by atoms with Gasteiger partial charge in [0.05, 0.1) is 0 Å². The van der Waals surface area contributed by atoms with E-state index < -0.39 is 17.5 Å². The second-order valence-electron chi connectivity index (χ2n) is 6.69. The van der Waals surface area contributed by atoms with Gasteiger partial charge in [0.25, 0.3) is 0 Å². The summed E-state index contributed by atoms with van der Waals surface area (Å²) >= 11 is 0. The lowest BCUT2D eigenvalue weighted by Gasteiger charge is -2.54. The fourth-order valence-electron chi connectivity index (χ4n) is 5.04. The van der Waals surface area contributed by atoms with Crippen molar-refractivity contribution in [2.75, 3.05) is 0 Å². The summed E-state index contributed by atoms with van der Waals surface area (Å²) in [4.78, 5) is 33.0. The van der Waals surface area contributed by atoms with Crippen molar-refractivity contribution in [3.05, 3.63) is 0 Å². The van der Waals surface area contributed by atoms with E-state index in [1.807, 2.05) is 0 Å². The topological polar surface area (TPSA) is 71.4 Å². The van der Waals surface area contributed by atoms with E-state index in [-0.39, 0.29) is 6.42 Å². The first-order chi connectivity index (χ1) is 9.04. The van der Waals surface area contributed by atoms with Crippen LogP contribution in [0.4, 0.5) is 0 Å². The molecule has 4 aliphatic rings. The van der Waals surface area contributed by atoms with Gasteiger partial charge in [-0.1, -0.05) is 0 Å². The molecule has 0 aromatic rings. The summed E-state index contributed by atoms with van der Waals surface area (Å²) in [7, 11) is 0. The van der Waals surface area contributed by atoms with Crippen molar-refractivity contribution >= 4 is 17.5 Å². The normalized spacial score (nSPS) is 39.3. The van der Waals surface area contributed by atoms with E-state index in [2.05, 4.69) is 0 Å². The first-order valence-corrected chi connectivity index (χ1v) is 7.35. The molecule has 0 amide bonds. The molecule has 0 aromatic heterocycles. The molecular weight excluding hydrogens is 244 g/mol. The van der Waals surface area contributed by atoms with Crippen LogP contribution >= 0.6 is 0 Å². The summed E-state index contributed by atoms with van der Waals surface area (Å²) in [5.74, 6) is 0.219. The number of carbonyl (C=O) groups excluding carboxylic acids is 2. The molecule has 19 heavy (non-hydrogen) atoms. The molecule has 0 spiro atoms. The highest BCUT2D eigenvalue weighted by Crippen LogP contribution is 2.57. The van der Waals surface area contributed by atoms with Gasteiger partial charge in [-0.25, -0.2) is 4.79 Å². The Morgan fingerprint density at radius 3 is 1.89 bits per heavy atom. The quantitative estimate of drug-likeness (QED) is 0.609. The van der Waals surface area contributed by atoms with Crippen LogP contribution in [0.1, 0.15) is 44.9 Å². The van der Waals surface area contributed by atoms with Crippen LogP contribution < -0.4 is 0 Å². The Balaban J connectivity index is 1.57. The maximum absolute atomic E-state index is 11.5. The number of rotatable bonds is 5. The van der Waals surface area contributed by atoms with Crippen LogP contribution in [0, 0.1) is 29.6 Å². The Bertz CT molecular complexity index is 398. The maximum atomic E-state index is 11.5. The Morgan fingerprint density at radius 2 is 1.42 bits per heavy atom. The standard InChI is InChI=1S/C15H20O4/c16-13(14(17)15(18)19)2-1-12-10-4-8-3-9(6-10)7-11(12)5-8/h8-12H,1-7H2,(H,18,19). The van der Waals surface area contributed by atoms with Gasteiger partial charge < -0.3 is 5.11 Å². The van der Waals surface area contributed by atoms with Gasteiger partial charge >= 0.3 is 11.8 Å². The second-order valence-corrected chi connectivity index (χ2v) is 6.69. The minimum atomic E-state index is -1.62. The van der Waals surface area contributed by atoms with Crippen molar-refractivity contribution in [2.24, 2.45) is 29.6 Å². The van der Waals surface area contributed by atoms with Crippen molar-refractivity contribution in [1.82, 2.24) is 0 Å². The highest BCUT2D eigenvalue weighted by atomic mass is 16.4. The Hall–Kier alpha value is -1.19. The zero-order chi connectivity index (χ0) is 13.6. The number of ketones is 2. The summed E-state index contributed by atoms with van der Waals surface area (Å²) in [6.45, 7) is 0. The van der Waals surface area contributed by atoms with Gasteiger partial charge in [0, 0.05) is 6.42 Å². The summed E-state index contributed by atoms with van der Waals surface area (Å²) in [5, 5.41) is 8.52. The summed E-state index contributed by atoms with van der Waals surface area (Å²) in [6, 6.07) is 0. The van der Waals surface area contributed by atoms with E-state index in [1.54, 1.807) is 0 Å².